The molecule has 0 aliphatic carbocycles. The molecular weight excluding hydrogens is 473 g/mol. The van der Waals surface area contributed by atoms with Crippen molar-refractivity contribution in [2.24, 2.45) is 10.4 Å². The Balaban J connectivity index is 0.00000729. The van der Waals surface area contributed by atoms with Crippen LogP contribution in [0.25, 0.3) is 0 Å². The Morgan fingerprint density at radius 2 is 1.79 bits per heavy atom. The molecule has 1 saturated heterocycles. The highest BCUT2D eigenvalue weighted by Gasteiger charge is 2.28. The van der Waals surface area contributed by atoms with Gasteiger partial charge in [-0.2, -0.15) is 0 Å². The van der Waals surface area contributed by atoms with E-state index in [9.17, 15) is 9.59 Å². The molecule has 164 valence electrons. The van der Waals surface area contributed by atoms with Crippen LogP contribution in [0.1, 0.15) is 54.9 Å². The zero-order valence-electron chi connectivity index (χ0n) is 18.3. The summed E-state index contributed by atoms with van der Waals surface area (Å²) in [7, 11) is 0. The number of halogens is 1. The average molecular weight is 511 g/mol. The van der Waals surface area contributed by atoms with Gasteiger partial charge < -0.3 is 25.6 Å². The van der Waals surface area contributed by atoms with E-state index in [0.717, 1.165) is 25.5 Å². The Morgan fingerprint density at radius 3 is 2.32 bits per heavy atom. The van der Waals surface area contributed by atoms with E-state index in [1.807, 2.05) is 48.5 Å². The maximum Gasteiger partial charge on any atom is 0.407 e. The molecule has 0 bridgehead atoms. The molecule has 0 radical (unpaired) electrons. The summed E-state index contributed by atoms with van der Waals surface area (Å²) in [6, 6.07) is 0.0318. The second kappa shape index (κ2) is 11.7. The first-order valence-corrected chi connectivity index (χ1v) is 9.73. The van der Waals surface area contributed by atoms with Crippen LogP contribution in [0, 0.1) is 5.41 Å². The lowest BCUT2D eigenvalue weighted by Gasteiger charge is -2.23. The highest BCUT2D eigenvalue weighted by atomic mass is 127. The third kappa shape index (κ3) is 10.3. The number of guanidine groups is 1. The van der Waals surface area contributed by atoms with E-state index >= 15 is 0 Å². The molecule has 9 heteroatoms. The van der Waals surface area contributed by atoms with Crippen LogP contribution < -0.4 is 16.0 Å². The lowest BCUT2D eigenvalue weighted by Crippen LogP contribution is -2.44. The van der Waals surface area contributed by atoms with E-state index in [4.69, 9.17) is 4.74 Å². The minimum atomic E-state index is -0.504. The summed E-state index contributed by atoms with van der Waals surface area (Å²) >= 11 is 0. The van der Waals surface area contributed by atoms with Crippen LogP contribution >= 0.6 is 24.0 Å². The number of nitrogens with one attached hydrogen (secondary N) is 3. The summed E-state index contributed by atoms with van der Waals surface area (Å²) < 4.78 is 5.32. The van der Waals surface area contributed by atoms with Crippen molar-refractivity contribution in [3.05, 3.63) is 0 Å². The lowest BCUT2D eigenvalue weighted by atomic mass is 9.96. The maximum atomic E-state index is 11.9. The molecule has 1 fully saturated rings. The molecule has 28 heavy (non-hydrogen) atoms. The molecule has 1 heterocycles. The van der Waals surface area contributed by atoms with Gasteiger partial charge in [-0.25, -0.2) is 4.79 Å². The highest BCUT2D eigenvalue weighted by Crippen LogP contribution is 2.13. The molecule has 0 aromatic heterocycles. The van der Waals surface area contributed by atoms with Crippen molar-refractivity contribution in [2.45, 2.75) is 66.5 Å². The fraction of sp³-hybridized carbons (Fsp3) is 0.842. The lowest BCUT2D eigenvalue weighted by molar-refractivity contribution is -0.128. The summed E-state index contributed by atoms with van der Waals surface area (Å²) in [5.74, 6) is 0.821. The van der Waals surface area contributed by atoms with Crippen molar-refractivity contribution in [3.8, 4) is 0 Å². The van der Waals surface area contributed by atoms with Crippen molar-refractivity contribution in [2.75, 3.05) is 32.7 Å². The molecule has 0 aromatic carbocycles. The minimum absolute atomic E-state index is 0. The van der Waals surface area contributed by atoms with Gasteiger partial charge in [-0.15, -0.1) is 24.0 Å². The Kier molecular flexibility index (Phi) is 11.1. The Hall–Kier alpha value is -1.26. The second-order valence-electron chi connectivity index (χ2n) is 8.82. The molecular formula is C19H38IN5O3. The smallest absolute Gasteiger partial charge is 0.407 e. The molecule has 1 rings (SSSR count). The standard InChI is InChI=1S/C19H37N5O3.HI/c1-8-20-16(22-11-10-21-15(25)18(2,3)4)24-12-9-14(13-24)23-17(26)27-19(5,6)7;/h14H,8-13H2,1-7H3,(H,20,22)(H,21,25)(H,23,26);1H. The summed E-state index contributed by atoms with van der Waals surface area (Å²) in [5.41, 5.74) is -0.903. The van der Waals surface area contributed by atoms with Gasteiger partial charge in [0.05, 0.1) is 12.6 Å². The van der Waals surface area contributed by atoms with Crippen LogP contribution in [-0.2, 0) is 9.53 Å². The molecule has 2 amide bonds. The van der Waals surface area contributed by atoms with Gasteiger partial charge in [0.25, 0.3) is 0 Å². The fourth-order valence-corrected chi connectivity index (χ4v) is 2.57. The highest BCUT2D eigenvalue weighted by molar-refractivity contribution is 14.0. The molecule has 0 spiro atoms. The van der Waals surface area contributed by atoms with Gasteiger partial charge in [0, 0.05) is 31.6 Å². The molecule has 0 saturated carbocycles. The zero-order chi connectivity index (χ0) is 20.7. The van der Waals surface area contributed by atoms with E-state index in [1.54, 1.807) is 0 Å². The van der Waals surface area contributed by atoms with Crippen molar-refractivity contribution >= 4 is 41.9 Å². The van der Waals surface area contributed by atoms with Gasteiger partial charge in [0.2, 0.25) is 5.91 Å². The van der Waals surface area contributed by atoms with Crippen LogP contribution in [0.5, 0.6) is 0 Å². The van der Waals surface area contributed by atoms with Crippen molar-refractivity contribution in [3.63, 3.8) is 0 Å². The number of amides is 2. The predicted molar refractivity (Wildman–Crippen MR) is 123 cm³/mol. The number of likely N-dealkylation sites (tertiary alicyclic amines) is 1. The summed E-state index contributed by atoms with van der Waals surface area (Å²) in [6.07, 6.45) is 0.450. The van der Waals surface area contributed by atoms with Gasteiger partial charge in [0.15, 0.2) is 5.96 Å². The largest absolute Gasteiger partial charge is 0.444 e. The number of hydrogen-bond acceptors (Lipinski definition) is 4. The van der Waals surface area contributed by atoms with Crippen LogP contribution in [-0.4, -0.2) is 67.2 Å². The molecule has 1 atom stereocenters. The van der Waals surface area contributed by atoms with E-state index < -0.39 is 11.0 Å². The van der Waals surface area contributed by atoms with Crippen LogP contribution in [0.4, 0.5) is 4.79 Å². The van der Waals surface area contributed by atoms with Crippen LogP contribution in [0.15, 0.2) is 4.99 Å². The monoisotopic (exact) mass is 511 g/mol. The number of alkyl carbamates (subject to hydrolysis) is 1. The number of ether oxygens (including phenoxy) is 1. The quantitative estimate of drug-likeness (QED) is 0.228. The van der Waals surface area contributed by atoms with Gasteiger partial charge in [-0.1, -0.05) is 20.8 Å². The number of carbonyl (C=O) groups is 2. The second-order valence-corrected chi connectivity index (χ2v) is 8.82. The van der Waals surface area contributed by atoms with Gasteiger partial charge in [-0.05, 0) is 34.1 Å². The van der Waals surface area contributed by atoms with E-state index in [0.29, 0.717) is 19.6 Å². The summed E-state index contributed by atoms with van der Waals surface area (Å²) in [4.78, 5) is 30.6. The third-order valence-electron chi connectivity index (χ3n) is 3.88. The fourth-order valence-electron chi connectivity index (χ4n) is 2.57. The van der Waals surface area contributed by atoms with Crippen LogP contribution in [0.3, 0.4) is 0 Å². The number of hydrogen-bond donors (Lipinski definition) is 3. The van der Waals surface area contributed by atoms with E-state index in [-0.39, 0.29) is 42.0 Å². The SMILES string of the molecule is CCNC(=NCCNC(=O)C(C)(C)C)N1CCC(NC(=O)OC(C)(C)C)C1.I. The normalized spacial score (nSPS) is 17.6. The topological polar surface area (TPSA) is 95.1 Å². The first kappa shape index (κ1) is 26.7. The average Bonchev–Trinajstić information content (AvgIpc) is 2.95. The van der Waals surface area contributed by atoms with Gasteiger partial charge >= 0.3 is 6.09 Å². The third-order valence-corrected chi connectivity index (χ3v) is 3.88. The van der Waals surface area contributed by atoms with Gasteiger partial charge in [-0.3, -0.25) is 9.79 Å². The molecule has 1 aliphatic heterocycles. The summed E-state index contributed by atoms with van der Waals surface area (Å²) in [6.45, 7) is 16.5. The summed E-state index contributed by atoms with van der Waals surface area (Å²) in [5, 5.41) is 9.09. The van der Waals surface area contributed by atoms with Crippen molar-refractivity contribution in [1.82, 2.24) is 20.9 Å². The maximum absolute atomic E-state index is 11.9. The first-order chi connectivity index (χ1) is 12.4. The van der Waals surface area contributed by atoms with E-state index in [2.05, 4.69) is 25.8 Å². The number of aliphatic imine (C=N–C) groups is 1. The van der Waals surface area contributed by atoms with Crippen molar-refractivity contribution < 1.29 is 14.3 Å². The molecule has 1 unspecified atom stereocenters. The van der Waals surface area contributed by atoms with E-state index in [1.165, 1.54) is 0 Å². The zero-order valence-corrected chi connectivity index (χ0v) is 20.7. The number of carbonyl (C=O) groups excluding carboxylic acids is 2. The predicted octanol–water partition coefficient (Wildman–Crippen LogP) is 2.33. The Labute approximate surface area is 186 Å². The molecule has 8 nitrogen and oxygen atoms in total. The Bertz CT molecular complexity index is 541. The number of nitrogens with zero attached hydrogens (tertiary/aromatic N) is 2. The number of rotatable bonds is 5. The van der Waals surface area contributed by atoms with Crippen molar-refractivity contribution in [1.29, 1.82) is 0 Å². The van der Waals surface area contributed by atoms with Gasteiger partial charge in [0.1, 0.15) is 5.60 Å². The minimum Gasteiger partial charge on any atom is -0.444 e. The first-order valence-electron chi connectivity index (χ1n) is 9.73. The molecule has 0 aromatic rings. The Morgan fingerprint density at radius 1 is 1.14 bits per heavy atom. The molecule has 3 N–H and O–H groups in total. The molecule has 1 aliphatic rings. The van der Waals surface area contributed by atoms with Crippen LogP contribution in [0.2, 0.25) is 0 Å².